The molecule has 0 aromatic heterocycles. The molecular weight excluding hydrogens is 186 g/mol. The van der Waals surface area contributed by atoms with E-state index < -0.39 is 0 Å². The molecule has 0 fully saturated rings. The highest BCUT2D eigenvalue weighted by atomic mass is 35.5. The maximum atomic E-state index is 6.07. The van der Waals surface area contributed by atoms with Crippen LogP contribution in [0.5, 0.6) is 0 Å². The maximum absolute atomic E-state index is 6.07. The van der Waals surface area contributed by atoms with Gasteiger partial charge in [-0.15, -0.1) is 0 Å². The third-order valence-electron chi connectivity index (χ3n) is 2.48. The number of hydrogen-bond acceptors (Lipinski definition) is 2. The van der Waals surface area contributed by atoms with E-state index in [1.54, 1.807) is 0 Å². The monoisotopic (exact) mass is 197 g/mol. The van der Waals surface area contributed by atoms with Crippen LogP contribution >= 0.6 is 11.6 Å². The Bertz CT molecular complexity index is 327. The second-order valence-electron chi connectivity index (χ2n) is 3.35. The van der Waals surface area contributed by atoms with Crippen LogP contribution in [0.1, 0.15) is 24.1 Å². The smallest absolute Gasteiger partial charge is 0.0744 e. The Morgan fingerprint density at radius 3 is 3.08 bits per heavy atom. The molecule has 1 aromatic carbocycles. The Hall–Kier alpha value is -0.570. The van der Waals surface area contributed by atoms with Gasteiger partial charge in [0.15, 0.2) is 0 Å². The first-order chi connectivity index (χ1) is 6.20. The first kappa shape index (κ1) is 9.00. The molecule has 1 aliphatic rings. The zero-order valence-corrected chi connectivity index (χ0v) is 8.21. The third-order valence-corrected chi connectivity index (χ3v) is 2.81. The zero-order valence-electron chi connectivity index (χ0n) is 7.46. The van der Waals surface area contributed by atoms with Gasteiger partial charge in [-0.05, 0) is 24.1 Å². The molecule has 13 heavy (non-hydrogen) atoms. The average Bonchev–Trinajstić information content (AvgIpc) is 2.12. The highest BCUT2D eigenvalue weighted by Gasteiger charge is 2.25. The van der Waals surface area contributed by atoms with Crippen molar-refractivity contribution in [2.75, 3.05) is 0 Å². The predicted octanol–water partition coefficient (Wildman–Crippen LogP) is 2.26. The van der Waals surface area contributed by atoms with Gasteiger partial charge in [0.05, 0.1) is 18.8 Å². The summed E-state index contributed by atoms with van der Waals surface area (Å²) in [6.45, 7) is 2.59. The highest BCUT2D eigenvalue weighted by molar-refractivity contribution is 6.31. The molecule has 2 rings (SSSR count). The summed E-state index contributed by atoms with van der Waals surface area (Å²) in [5.41, 5.74) is 8.13. The van der Waals surface area contributed by atoms with Gasteiger partial charge in [0.25, 0.3) is 0 Å². The Morgan fingerprint density at radius 2 is 2.31 bits per heavy atom. The van der Waals surface area contributed by atoms with E-state index in [0.717, 1.165) is 16.1 Å². The van der Waals surface area contributed by atoms with Crippen LogP contribution in [-0.4, -0.2) is 6.10 Å². The highest BCUT2D eigenvalue weighted by Crippen LogP contribution is 2.32. The summed E-state index contributed by atoms with van der Waals surface area (Å²) in [5.74, 6) is 0. The fraction of sp³-hybridized carbons (Fsp3) is 0.400. The summed E-state index contributed by atoms with van der Waals surface area (Å²) >= 11 is 6.07. The van der Waals surface area contributed by atoms with E-state index in [4.69, 9.17) is 22.1 Å². The number of halogens is 1. The molecule has 0 saturated carbocycles. The van der Waals surface area contributed by atoms with Crippen molar-refractivity contribution in [3.8, 4) is 0 Å². The topological polar surface area (TPSA) is 35.2 Å². The molecule has 1 aliphatic heterocycles. The number of ether oxygens (including phenoxy) is 1. The second kappa shape index (κ2) is 3.29. The third kappa shape index (κ3) is 1.46. The van der Waals surface area contributed by atoms with Crippen molar-refractivity contribution in [1.29, 1.82) is 0 Å². The van der Waals surface area contributed by atoms with Crippen molar-refractivity contribution >= 4 is 11.6 Å². The van der Waals surface area contributed by atoms with Crippen LogP contribution in [0.4, 0.5) is 0 Å². The first-order valence-corrected chi connectivity index (χ1v) is 4.72. The summed E-state index contributed by atoms with van der Waals surface area (Å²) in [6, 6.07) is 5.70. The lowest BCUT2D eigenvalue weighted by Crippen LogP contribution is -2.31. The molecule has 1 heterocycles. The van der Waals surface area contributed by atoms with Crippen molar-refractivity contribution in [1.82, 2.24) is 0 Å². The molecule has 2 atom stereocenters. The number of fused-ring (bicyclic) bond motifs is 1. The van der Waals surface area contributed by atoms with Crippen LogP contribution in [0, 0.1) is 0 Å². The summed E-state index contributed by atoms with van der Waals surface area (Å²) < 4.78 is 5.49. The van der Waals surface area contributed by atoms with E-state index in [0.29, 0.717) is 6.61 Å². The van der Waals surface area contributed by atoms with Crippen molar-refractivity contribution in [3.05, 3.63) is 34.3 Å². The number of hydrogen-bond donors (Lipinski definition) is 1. The summed E-state index contributed by atoms with van der Waals surface area (Å²) in [5, 5.41) is 0.750. The fourth-order valence-corrected chi connectivity index (χ4v) is 1.96. The lowest BCUT2D eigenvalue weighted by molar-refractivity contribution is 0.0214. The SMILES string of the molecule is C[C@@H]1OCc2cccc(Cl)c2C1N. The van der Waals surface area contributed by atoms with Gasteiger partial charge >= 0.3 is 0 Å². The fourth-order valence-electron chi connectivity index (χ4n) is 1.64. The van der Waals surface area contributed by atoms with Crippen molar-refractivity contribution in [2.45, 2.75) is 25.7 Å². The molecule has 0 amide bonds. The Kier molecular flexibility index (Phi) is 2.28. The number of nitrogens with two attached hydrogens (primary N) is 1. The molecule has 1 unspecified atom stereocenters. The van der Waals surface area contributed by atoms with Gasteiger partial charge in [0.2, 0.25) is 0 Å². The quantitative estimate of drug-likeness (QED) is 0.693. The van der Waals surface area contributed by atoms with E-state index in [1.807, 2.05) is 25.1 Å². The summed E-state index contributed by atoms with van der Waals surface area (Å²) in [6.07, 6.45) is 0.0485. The van der Waals surface area contributed by atoms with Crippen LogP contribution < -0.4 is 5.73 Å². The van der Waals surface area contributed by atoms with Gasteiger partial charge in [-0.3, -0.25) is 0 Å². The Morgan fingerprint density at radius 1 is 1.54 bits per heavy atom. The van der Waals surface area contributed by atoms with E-state index in [9.17, 15) is 0 Å². The largest absolute Gasteiger partial charge is 0.372 e. The lowest BCUT2D eigenvalue weighted by atomic mass is 9.95. The Labute approximate surface area is 82.6 Å². The molecule has 3 heteroatoms. The van der Waals surface area contributed by atoms with Gasteiger partial charge in [-0.2, -0.15) is 0 Å². The molecule has 70 valence electrons. The van der Waals surface area contributed by atoms with Gasteiger partial charge in [0, 0.05) is 5.02 Å². The van der Waals surface area contributed by atoms with Gasteiger partial charge in [-0.25, -0.2) is 0 Å². The molecule has 0 spiro atoms. The molecule has 2 N–H and O–H groups in total. The van der Waals surface area contributed by atoms with Crippen molar-refractivity contribution in [3.63, 3.8) is 0 Å². The standard InChI is InChI=1S/C10H12ClNO/c1-6-10(12)9-7(5-13-6)3-2-4-8(9)11/h2-4,6,10H,5,12H2,1H3/t6-,10?/m0/s1. The minimum atomic E-state index is -0.0996. The summed E-state index contributed by atoms with van der Waals surface area (Å²) in [4.78, 5) is 0. The van der Waals surface area contributed by atoms with E-state index in [-0.39, 0.29) is 12.1 Å². The lowest BCUT2D eigenvalue weighted by Gasteiger charge is -2.29. The molecule has 0 saturated heterocycles. The number of benzene rings is 1. The molecule has 0 radical (unpaired) electrons. The minimum absolute atomic E-state index is 0.0485. The molecule has 0 bridgehead atoms. The molecule has 2 nitrogen and oxygen atoms in total. The van der Waals surface area contributed by atoms with Crippen LogP contribution in [0.2, 0.25) is 5.02 Å². The Balaban J connectivity index is 2.51. The molecular formula is C10H12ClNO. The van der Waals surface area contributed by atoms with Gasteiger partial charge < -0.3 is 10.5 Å². The van der Waals surface area contributed by atoms with Gasteiger partial charge in [0.1, 0.15) is 0 Å². The minimum Gasteiger partial charge on any atom is -0.372 e. The van der Waals surface area contributed by atoms with Crippen molar-refractivity contribution in [2.24, 2.45) is 5.73 Å². The molecule has 1 aromatic rings. The maximum Gasteiger partial charge on any atom is 0.0744 e. The van der Waals surface area contributed by atoms with Crippen LogP contribution in [0.25, 0.3) is 0 Å². The van der Waals surface area contributed by atoms with Gasteiger partial charge in [-0.1, -0.05) is 23.7 Å². The second-order valence-corrected chi connectivity index (χ2v) is 3.76. The van der Waals surface area contributed by atoms with Crippen LogP contribution in [0.3, 0.4) is 0 Å². The average molecular weight is 198 g/mol. The van der Waals surface area contributed by atoms with E-state index in [1.165, 1.54) is 0 Å². The van der Waals surface area contributed by atoms with E-state index >= 15 is 0 Å². The zero-order chi connectivity index (χ0) is 9.42. The molecule has 0 aliphatic carbocycles. The van der Waals surface area contributed by atoms with Crippen LogP contribution in [0.15, 0.2) is 18.2 Å². The first-order valence-electron chi connectivity index (χ1n) is 4.34. The predicted molar refractivity (Wildman–Crippen MR) is 52.6 cm³/mol. The van der Waals surface area contributed by atoms with Crippen molar-refractivity contribution < 1.29 is 4.74 Å². The van der Waals surface area contributed by atoms with Crippen LogP contribution in [-0.2, 0) is 11.3 Å². The summed E-state index contributed by atoms with van der Waals surface area (Å²) in [7, 11) is 0. The normalized spacial score (nSPS) is 27.0. The number of rotatable bonds is 0. The van der Waals surface area contributed by atoms with E-state index in [2.05, 4.69) is 0 Å².